The molecular weight excluding hydrogens is 420 g/mol. The number of ether oxygens (including phenoxy) is 2. The highest BCUT2D eigenvalue weighted by Gasteiger charge is 2.12. The summed E-state index contributed by atoms with van der Waals surface area (Å²) in [6, 6.07) is 13.0. The number of methoxy groups -OCH3 is 1. The number of benzene rings is 2. The summed E-state index contributed by atoms with van der Waals surface area (Å²) < 4.78 is 11.9. The predicted octanol–water partition coefficient (Wildman–Crippen LogP) is 0.979. The van der Waals surface area contributed by atoms with Crippen molar-refractivity contribution >= 4 is 27.5 Å². The second kappa shape index (κ2) is 11.8. The average Bonchev–Trinajstić information content (AvgIpc) is 2.62. The number of carbonyl (C=O) groups excluding carboxylic acids is 1. The maximum absolute atomic E-state index is 12.0. The van der Waals surface area contributed by atoms with Crippen molar-refractivity contribution in [1.29, 1.82) is 0 Å². The highest BCUT2D eigenvalue weighted by Crippen LogP contribution is 2.33. The summed E-state index contributed by atoms with van der Waals surface area (Å²) in [7, 11) is 1.59. The Labute approximate surface area is 169 Å². The van der Waals surface area contributed by atoms with Gasteiger partial charge < -0.3 is 32.5 Å². The molecule has 1 amide bonds. The zero-order valence-electron chi connectivity index (χ0n) is 14.9. The van der Waals surface area contributed by atoms with Crippen LogP contribution in [0.1, 0.15) is 18.9 Å². The first-order valence-electron chi connectivity index (χ1n) is 8.18. The lowest BCUT2D eigenvalue weighted by atomic mass is 10.2. The van der Waals surface area contributed by atoms with Gasteiger partial charge in [0.25, 0.3) is 5.91 Å². The molecule has 2 N–H and O–H groups in total. The molecule has 0 saturated heterocycles. The van der Waals surface area contributed by atoms with Gasteiger partial charge in [0.15, 0.2) is 18.1 Å². The van der Waals surface area contributed by atoms with Crippen molar-refractivity contribution in [3.8, 4) is 11.5 Å². The number of hydrogen-bond acceptors (Lipinski definition) is 4. The lowest BCUT2D eigenvalue weighted by molar-refractivity contribution is -0.118. The van der Waals surface area contributed by atoms with Gasteiger partial charge in [-0.3, -0.25) is 4.79 Å². The monoisotopic (exact) mass is 441 g/mol. The standard InChI is InChI=1S/C19H23BrN2O3.ClH/c1-3-9-21-12-14-10-17(24-2)18(11-16(14)20)25-13-19(23)22-15-7-5-4-6-8-15;/h4-8,10-11,21H,3,9,12-13H2,1-2H3,(H,22,23);1H/p-1. The van der Waals surface area contributed by atoms with Gasteiger partial charge in [-0.05, 0) is 42.8 Å². The minimum Gasteiger partial charge on any atom is -1.00 e. The van der Waals surface area contributed by atoms with Crippen molar-refractivity contribution < 1.29 is 26.7 Å². The molecule has 0 spiro atoms. The van der Waals surface area contributed by atoms with E-state index in [1.54, 1.807) is 7.11 Å². The van der Waals surface area contributed by atoms with Crippen LogP contribution in [0.25, 0.3) is 0 Å². The molecule has 0 bridgehead atoms. The molecule has 26 heavy (non-hydrogen) atoms. The molecule has 5 nitrogen and oxygen atoms in total. The highest BCUT2D eigenvalue weighted by molar-refractivity contribution is 9.10. The molecule has 0 saturated carbocycles. The van der Waals surface area contributed by atoms with Crippen molar-refractivity contribution in [1.82, 2.24) is 5.32 Å². The van der Waals surface area contributed by atoms with Gasteiger partial charge in [0.05, 0.1) is 7.11 Å². The van der Waals surface area contributed by atoms with Gasteiger partial charge in [0.1, 0.15) is 0 Å². The third kappa shape index (κ3) is 6.86. The van der Waals surface area contributed by atoms with E-state index in [9.17, 15) is 4.79 Å². The summed E-state index contributed by atoms with van der Waals surface area (Å²) in [5.41, 5.74) is 1.81. The Morgan fingerprint density at radius 2 is 1.88 bits per heavy atom. The van der Waals surface area contributed by atoms with Crippen LogP contribution >= 0.6 is 15.9 Å². The van der Waals surface area contributed by atoms with Crippen molar-refractivity contribution in [3.63, 3.8) is 0 Å². The number of amides is 1. The van der Waals surface area contributed by atoms with Crippen LogP contribution in [0.5, 0.6) is 11.5 Å². The largest absolute Gasteiger partial charge is 1.00 e. The van der Waals surface area contributed by atoms with Gasteiger partial charge in [-0.1, -0.05) is 41.1 Å². The Hall–Kier alpha value is -1.76. The van der Waals surface area contributed by atoms with Crippen LogP contribution < -0.4 is 32.5 Å². The second-order valence-electron chi connectivity index (χ2n) is 5.47. The number of hydrogen-bond donors (Lipinski definition) is 2. The summed E-state index contributed by atoms with van der Waals surface area (Å²) in [6.07, 6.45) is 1.08. The Balaban J connectivity index is 0.00000338. The first-order chi connectivity index (χ1) is 12.1. The van der Waals surface area contributed by atoms with E-state index in [0.717, 1.165) is 35.2 Å². The van der Waals surface area contributed by atoms with Crippen molar-refractivity contribution in [2.24, 2.45) is 0 Å². The minimum absolute atomic E-state index is 0. The van der Waals surface area contributed by atoms with E-state index in [4.69, 9.17) is 9.47 Å². The third-order valence-electron chi connectivity index (χ3n) is 3.49. The Morgan fingerprint density at radius 1 is 1.15 bits per heavy atom. The molecule has 0 aliphatic rings. The normalized spacial score (nSPS) is 9.96. The van der Waals surface area contributed by atoms with Crippen LogP contribution in [0.4, 0.5) is 5.69 Å². The molecule has 0 aromatic heterocycles. The van der Waals surface area contributed by atoms with E-state index >= 15 is 0 Å². The molecule has 0 aliphatic heterocycles. The van der Waals surface area contributed by atoms with Gasteiger partial charge in [-0.25, -0.2) is 0 Å². The fraction of sp³-hybridized carbons (Fsp3) is 0.316. The Kier molecular flexibility index (Phi) is 10.1. The first kappa shape index (κ1) is 22.3. The van der Waals surface area contributed by atoms with Crippen LogP contribution in [0.2, 0.25) is 0 Å². The van der Waals surface area contributed by atoms with E-state index in [1.165, 1.54) is 0 Å². The molecule has 2 rings (SSSR count). The fourth-order valence-electron chi connectivity index (χ4n) is 2.25. The molecule has 7 heteroatoms. The van der Waals surface area contributed by atoms with Crippen molar-refractivity contribution in [2.45, 2.75) is 19.9 Å². The van der Waals surface area contributed by atoms with Crippen molar-refractivity contribution in [2.75, 3.05) is 25.6 Å². The van der Waals surface area contributed by atoms with Gasteiger partial charge >= 0.3 is 0 Å². The molecule has 0 aliphatic carbocycles. The summed E-state index contributed by atoms with van der Waals surface area (Å²) in [4.78, 5) is 12.0. The quantitative estimate of drug-likeness (QED) is 0.569. The van der Waals surface area contributed by atoms with Gasteiger partial charge in [-0.15, -0.1) is 0 Å². The summed E-state index contributed by atoms with van der Waals surface area (Å²) in [5.74, 6) is 0.902. The summed E-state index contributed by atoms with van der Waals surface area (Å²) in [6.45, 7) is 3.72. The first-order valence-corrected chi connectivity index (χ1v) is 8.98. The third-order valence-corrected chi connectivity index (χ3v) is 4.23. The molecular formula is C19H23BrClN2O3-. The van der Waals surface area contributed by atoms with Crippen LogP contribution in [-0.4, -0.2) is 26.2 Å². The highest BCUT2D eigenvalue weighted by atomic mass is 79.9. The van der Waals surface area contributed by atoms with E-state index < -0.39 is 0 Å². The molecule has 0 heterocycles. The average molecular weight is 443 g/mol. The zero-order chi connectivity index (χ0) is 18.1. The number of rotatable bonds is 9. The fourth-order valence-corrected chi connectivity index (χ4v) is 2.71. The Morgan fingerprint density at radius 3 is 2.54 bits per heavy atom. The van der Waals surface area contributed by atoms with Crippen molar-refractivity contribution in [3.05, 3.63) is 52.5 Å². The molecule has 0 fully saturated rings. The maximum atomic E-state index is 12.0. The Bertz CT molecular complexity index is 699. The lowest BCUT2D eigenvalue weighted by Gasteiger charge is -2.14. The predicted molar refractivity (Wildman–Crippen MR) is 103 cm³/mol. The summed E-state index contributed by atoms with van der Waals surface area (Å²) >= 11 is 3.55. The molecule has 2 aromatic rings. The lowest BCUT2D eigenvalue weighted by Crippen LogP contribution is -3.00. The SMILES string of the molecule is CCCNCc1cc(OC)c(OCC(=O)Nc2ccccc2)cc1Br.[Cl-]. The number of para-hydroxylation sites is 1. The zero-order valence-corrected chi connectivity index (χ0v) is 17.2. The van der Waals surface area contributed by atoms with E-state index in [-0.39, 0.29) is 24.9 Å². The van der Waals surface area contributed by atoms with Crippen LogP contribution in [0.15, 0.2) is 46.9 Å². The topological polar surface area (TPSA) is 59.6 Å². The molecule has 142 valence electrons. The number of halogens is 2. The second-order valence-corrected chi connectivity index (χ2v) is 6.33. The minimum atomic E-state index is -0.224. The summed E-state index contributed by atoms with van der Waals surface area (Å²) in [5, 5.41) is 6.13. The van der Waals surface area contributed by atoms with Gasteiger partial charge in [0.2, 0.25) is 0 Å². The molecule has 0 atom stereocenters. The van der Waals surface area contributed by atoms with Gasteiger partial charge in [0, 0.05) is 16.7 Å². The molecule has 2 aromatic carbocycles. The van der Waals surface area contributed by atoms with Crippen LogP contribution in [0, 0.1) is 0 Å². The van der Waals surface area contributed by atoms with E-state index in [2.05, 4.69) is 33.5 Å². The number of nitrogens with one attached hydrogen (secondary N) is 2. The number of anilines is 1. The van der Waals surface area contributed by atoms with Gasteiger partial charge in [-0.2, -0.15) is 0 Å². The van der Waals surface area contributed by atoms with E-state index in [0.29, 0.717) is 11.5 Å². The maximum Gasteiger partial charge on any atom is 0.262 e. The number of carbonyl (C=O) groups is 1. The van der Waals surface area contributed by atoms with Crippen LogP contribution in [-0.2, 0) is 11.3 Å². The molecule has 0 radical (unpaired) electrons. The smallest absolute Gasteiger partial charge is 0.262 e. The van der Waals surface area contributed by atoms with E-state index in [1.807, 2.05) is 42.5 Å². The van der Waals surface area contributed by atoms with Crippen LogP contribution in [0.3, 0.4) is 0 Å². The molecule has 0 unspecified atom stereocenters.